The van der Waals surface area contributed by atoms with Crippen LogP contribution in [0.15, 0.2) is 94.8 Å². The number of benzene rings is 2. The molecule has 5 rings (SSSR count). The molecule has 2 aliphatic heterocycles. The first-order chi connectivity index (χ1) is 16.9. The number of nitrogens with zero attached hydrogens (tertiary/aromatic N) is 1. The highest BCUT2D eigenvalue weighted by atomic mass is 32.2. The van der Waals surface area contributed by atoms with Gasteiger partial charge in [-0.3, -0.25) is 9.59 Å². The molecule has 0 saturated carbocycles. The summed E-state index contributed by atoms with van der Waals surface area (Å²) in [6.45, 7) is 3.87. The van der Waals surface area contributed by atoms with Crippen molar-refractivity contribution in [2.45, 2.75) is 19.8 Å². The number of hydrogen-bond donors (Lipinski definition) is 3. The highest BCUT2D eigenvalue weighted by Gasteiger charge is 2.42. The molecule has 3 heterocycles. The van der Waals surface area contributed by atoms with Crippen molar-refractivity contribution in [3.05, 3.63) is 106 Å². The minimum Gasteiger partial charge on any atom is -0.353 e. The summed E-state index contributed by atoms with van der Waals surface area (Å²) < 4.78 is 1.94. The van der Waals surface area contributed by atoms with Crippen molar-refractivity contribution in [3.8, 4) is 0 Å². The van der Waals surface area contributed by atoms with E-state index in [4.69, 9.17) is 12.2 Å². The third kappa shape index (κ3) is 4.54. The van der Waals surface area contributed by atoms with Gasteiger partial charge in [0.2, 0.25) is 5.91 Å². The van der Waals surface area contributed by atoms with Gasteiger partial charge in [0, 0.05) is 40.1 Å². The number of allylic oxidation sites excluding steroid dienone is 2. The maximum Gasteiger partial charge on any atom is 0.254 e. The molecule has 2 aromatic carbocycles. The number of aromatic nitrogens is 1. The fourth-order valence-corrected chi connectivity index (χ4v) is 5.84. The molecule has 0 radical (unpaired) electrons. The van der Waals surface area contributed by atoms with E-state index < -0.39 is 0 Å². The molecule has 0 fully saturated rings. The predicted octanol–water partition coefficient (Wildman–Crippen LogP) is 5.17. The SMILES string of the molecule is CC1=C(C(=O)Nc2ccccc2)C2C(=C(SCC(=O)Nc3cccc(C)c3)N1)C(=S)n1cccc12. The number of fused-ring (bicyclic) bond motifs is 3. The van der Waals surface area contributed by atoms with Crippen LogP contribution in [-0.2, 0) is 9.59 Å². The van der Waals surface area contributed by atoms with Crippen molar-refractivity contribution >= 4 is 52.2 Å². The first-order valence-corrected chi connectivity index (χ1v) is 12.6. The summed E-state index contributed by atoms with van der Waals surface area (Å²) in [7, 11) is 0. The fourth-order valence-electron chi connectivity index (χ4n) is 4.45. The molecule has 0 saturated heterocycles. The molecule has 176 valence electrons. The first kappa shape index (κ1) is 23.1. The second kappa shape index (κ2) is 9.56. The van der Waals surface area contributed by atoms with Crippen molar-refractivity contribution in [1.82, 2.24) is 9.88 Å². The number of thioether (sulfide) groups is 1. The summed E-state index contributed by atoms with van der Waals surface area (Å²) in [6, 6.07) is 21.0. The van der Waals surface area contributed by atoms with E-state index in [9.17, 15) is 9.59 Å². The van der Waals surface area contributed by atoms with Crippen LogP contribution in [0.4, 0.5) is 11.4 Å². The van der Waals surface area contributed by atoms with Crippen molar-refractivity contribution in [2.75, 3.05) is 16.4 Å². The molecular formula is C27H24N4O2S2. The molecule has 3 aromatic rings. The molecule has 2 amide bonds. The number of amides is 2. The van der Waals surface area contributed by atoms with Crippen molar-refractivity contribution in [3.63, 3.8) is 0 Å². The standard InChI is InChI=1S/C27H24N4O2S2/c1-16-8-6-11-19(14-16)29-21(32)15-35-26-24-23(20-12-7-13-31(20)27(24)34)22(17(2)28-26)25(33)30-18-9-4-3-5-10-18/h3-14,23,28H,15H2,1-2H3,(H,29,32)(H,30,33). The normalized spacial score (nSPS) is 16.5. The predicted molar refractivity (Wildman–Crippen MR) is 145 cm³/mol. The van der Waals surface area contributed by atoms with Crippen LogP contribution in [0.2, 0.25) is 0 Å². The maximum absolute atomic E-state index is 13.4. The Morgan fingerprint density at radius 1 is 1.00 bits per heavy atom. The maximum atomic E-state index is 13.4. The van der Waals surface area contributed by atoms with E-state index in [0.29, 0.717) is 10.6 Å². The van der Waals surface area contributed by atoms with Crippen LogP contribution in [0.1, 0.15) is 24.1 Å². The van der Waals surface area contributed by atoms with Gasteiger partial charge in [-0.1, -0.05) is 54.3 Å². The first-order valence-electron chi connectivity index (χ1n) is 11.2. The number of carbonyl (C=O) groups is 2. The topological polar surface area (TPSA) is 75.2 Å². The number of carbonyl (C=O) groups excluding carboxylic acids is 2. The summed E-state index contributed by atoms with van der Waals surface area (Å²) in [6.07, 6.45) is 1.91. The summed E-state index contributed by atoms with van der Waals surface area (Å²) in [5.41, 5.74) is 5.75. The van der Waals surface area contributed by atoms with E-state index in [-0.39, 0.29) is 23.5 Å². The Morgan fingerprint density at radius 3 is 2.54 bits per heavy atom. The van der Waals surface area contributed by atoms with Gasteiger partial charge in [-0.2, -0.15) is 0 Å². The van der Waals surface area contributed by atoms with Crippen LogP contribution in [0.5, 0.6) is 0 Å². The highest BCUT2D eigenvalue weighted by molar-refractivity contribution is 8.03. The van der Waals surface area contributed by atoms with E-state index in [1.165, 1.54) is 11.8 Å². The molecule has 6 nitrogen and oxygen atoms in total. The largest absolute Gasteiger partial charge is 0.353 e. The Balaban J connectivity index is 1.40. The number of rotatable bonds is 6. The van der Waals surface area contributed by atoms with Gasteiger partial charge in [0.15, 0.2) is 0 Å². The molecule has 1 atom stereocenters. The zero-order valence-corrected chi connectivity index (χ0v) is 20.9. The van der Waals surface area contributed by atoms with Crippen LogP contribution in [-0.4, -0.2) is 27.1 Å². The lowest BCUT2D eigenvalue weighted by atomic mass is 9.86. The smallest absolute Gasteiger partial charge is 0.254 e. The number of hydrogen-bond acceptors (Lipinski definition) is 5. The second-order valence-electron chi connectivity index (χ2n) is 8.47. The van der Waals surface area contributed by atoms with Crippen LogP contribution >= 0.6 is 24.0 Å². The van der Waals surface area contributed by atoms with E-state index in [1.807, 2.05) is 91.3 Å². The van der Waals surface area contributed by atoms with E-state index >= 15 is 0 Å². The Hall–Kier alpha value is -3.62. The van der Waals surface area contributed by atoms with E-state index in [0.717, 1.165) is 38.9 Å². The summed E-state index contributed by atoms with van der Waals surface area (Å²) in [5.74, 6) is -0.375. The van der Waals surface area contributed by atoms with Crippen LogP contribution < -0.4 is 16.0 Å². The molecule has 3 N–H and O–H groups in total. The molecular weight excluding hydrogens is 476 g/mol. The minimum absolute atomic E-state index is 0.107. The quantitative estimate of drug-likeness (QED) is 0.407. The third-order valence-corrected chi connectivity index (χ3v) is 7.41. The number of para-hydroxylation sites is 1. The fraction of sp³-hybridized carbons (Fsp3) is 0.148. The van der Waals surface area contributed by atoms with Crippen LogP contribution in [0.25, 0.3) is 0 Å². The van der Waals surface area contributed by atoms with Crippen molar-refractivity contribution < 1.29 is 9.59 Å². The number of nitrogens with one attached hydrogen (secondary N) is 3. The Labute approximate surface area is 213 Å². The molecule has 0 bridgehead atoms. The van der Waals surface area contributed by atoms with Crippen molar-refractivity contribution in [2.24, 2.45) is 0 Å². The van der Waals surface area contributed by atoms with Gasteiger partial charge in [-0.15, -0.1) is 0 Å². The summed E-state index contributed by atoms with van der Waals surface area (Å²) >= 11 is 7.20. The van der Waals surface area contributed by atoms with Gasteiger partial charge in [0.1, 0.15) is 4.99 Å². The number of anilines is 2. The molecule has 1 aromatic heterocycles. The molecule has 0 spiro atoms. The Kier molecular flexibility index (Phi) is 6.32. The summed E-state index contributed by atoms with van der Waals surface area (Å²) in [4.78, 5) is 26.7. The van der Waals surface area contributed by atoms with Gasteiger partial charge in [0.25, 0.3) is 5.91 Å². The molecule has 35 heavy (non-hydrogen) atoms. The minimum atomic E-state index is -0.301. The Morgan fingerprint density at radius 2 is 1.77 bits per heavy atom. The molecule has 1 unspecified atom stereocenters. The molecule has 0 aliphatic carbocycles. The third-order valence-electron chi connectivity index (χ3n) is 5.98. The monoisotopic (exact) mass is 500 g/mol. The average molecular weight is 501 g/mol. The average Bonchev–Trinajstić information content (AvgIpc) is 3.41. The van der Waals surface area contributed by atoms with Gasteiger partial charge in [-0.05, 0) is 55.8 Å². The number of dihydropyridines is 1. The lowest BCUT2D eigenvalue weighted by Gasteiger charge is -2.28. The van der Waals surface area contributed by atoms with Crippen LogP contribution in [0.3, 0.4) is 0 Å². The van der Waals surface area contributed by atoms with Gasteiger partial charge < -0.3 is 20.5 Å². The van der Waals surface area contributed by atoms with E-state index in [2.05, 4.69) is 16.0 Å². The summed E-state index contributed by atoms with van der Waals surface area (Å²) in [5, 5.41) is 10.1. The number of thiocarbonyl (C=S) groups is 1. The lowest BCUT2D eigenvalue weighted by molar-refractivity contribution is -0.114. The van der Waals surface area contributed by atoms with Gasteiger partial charge in [0.05, 0.1) is 16.7 Å². The number of aryl methyl sites for hydroxylation is 1. The van der Waals surface area contributed by atoms with Crippen LogP contribution in [0, 0.1) is 6.92 Å². The molecule has 2 aliphatic rings. The van der Waals surface area contributed by atoms with Gasteiger partial charge in [-0.25, -0.2) is 0 Å². The zero-order chi connectivity index (χ0) is 24.5. The second-order valence-corrected chi connectivity index (χ2v) is 9.85. The highest BCUT2D eigenvalue weighted by Crippen LogP contribution is 2.46. The molecule has 8 heteroatoms. The van der Waals surface area contributed by atoms with Crippen molar-refractivity contribution in [1.29, 1.82) is 0 Å². The Bertz CT molecular complexity index is 1410. The lowest BCUT2D eigenvalue weighted by Crippen LogP contribution is -2.30. The van der Waals surface area contributed by atoms with Gasteiger partial charge >= 0.3 is 0 Å². The zero-order valence-electron chi connectivity index (χ0n) is 19.3. The van der Waals surface area contributed by atoms with E-state index in [1.54, 1.807) is 0 Å².